The molecule has 4 N–H and O–H groups in total. The molecule has 1 heterocycles. The van der Waals surface area contributed by atoms with Crippen LogP contribution in [-0.4, -0.2) is 55.0 Å². The van der Waals surface area contributed by atoms with E-state index < -0.39 is 48.1 Å². The quantitative estimate of drug-likeness (QED) is 0.562. The molecule has 0 fully saturated rings. The van der Waals surface area contributed by atoms with Gasteiger partial charge in [-0.25, -0.2) is 19.2 Å². The van der Waals surface area contributed by atoms with Gasteiger partial charge in [0.25, 0.3) is 23.5 Å². The summed E-state index contributed by atoms with van der Waals surface area (Å²) >= 11 is 0. The van der Waals surface area contributed by atoms with Crippen LogP contribution in [0.25, 0.3) is 0 Å². The summed E-state index contributed by atoms with van der Waals surface area (Å²) in [5.74, 6) is -4.49. The molecular weight excluding hydrogens is 316 g/mol. The van der Waals surface area contributed by atoms with Gasteiger partial charge in [0.1, 0.15) is 0 Å². The largest absolute Gasteiger partial charge is 0.512 e. The van der Waals surface area contributed by atoms with E-state index in [0.717, 1.165) is 0 Å². The normalized spacial score (nSPS) is 9.45. The summed E-state index contributed by atoms with van der Waals surface area (Å²) in [6, 6.07) is 0. The van der Waals surface area contributed by atoms with Gasteiger partial charge < -0.3 is 39.4 Å². The van der Waals surface area contributed by atoms with E-state index >= 15 is 0 Å². The molecule has 1 aromatic rings. The fourth-order valence-electron chi connectivity index (χ4n) is 0.972. The summed E-state index contributed by atoms with van der Waals surface area (Å²) in [7, 11) is 0. The van der Waals surface area contributed by atoms with Crippen LogP contribution in [0.5, 0.6) is 23.5 Å². The lowest BCUT2D eigenvalue weighted by molar-refractivity contribution is 0.120. The molecule has 0 unspecified atom stereocenters. The third-order valence-corrected chi connectivity index (χ3v) is 1.51. The summed E-state index contributed by atoms with van der Waals surface area (Å²) in [5, 5.41) is 33.8. The maximum atomic E-state index is 10.4. The Kier molecular flexibility index (Phi) is 4.83. The molecule has 22 heavy (non-hydrogen) atoms. The van der Waals surface area contributed by atoms with Gasteiger partial charge in [-0.05, 0) is 0 Å². The van der Waals surface area contributed by atoms with Gasteiger partial charge in [0.2, 0.25) is 0 Å². The molecule has 0 saturated carbocycles. The number of hydrogen-bond donors (Lipinski definition) is 4. The van der Waals surface area contributed by atoms with Gasteiger partial charge >= 0.3 is 24.6 Å². The summed E-state index contributed by atoms with van der Waals surface area (Å²) < 4.78 is 16.0. The molecule has 0 radical (unpaired) electrons. The topological polar surface area (TPSA) is 212 Å². The minimum Gasteiger partial charge on any atom is -0.449 e. The van der Waals surface area contributed by atoms with Crippen LogP contribution in [0.2, 0.25) is 0 Å². The van der Waals surface area contributed by atoms with Crippen molar-refractivity contribution < 1.29 is 58.6 Å². The molecule has 118 valence electrons. The zero-order valence-corrected chi connectivity index (χ0v) is 9.95. The predicted octanol–water partition coefficient (Wildman–Crippen LogP) is 0.704. The lowest BCUT2D eigenvalue weighted by Gasteiger charge is -2.09. The van der Waals surface area contributed by atoms with Crippen molar-refractivity contribution in [1.82, 2.24) is 9.97 Å². The molecule has 0 aliphatic heterocycles. The zero-order valence-electron chi connectivity index (χ0n) is 9.95. The van der Waals surface area contributed by atoms with Crippen LogP contribution in [-0.2, 0) is 0 Å². The Hall–Kier alpha value is -3.84. The molecular formula is C8H4N2O12. The van der Waals surface area contributed by atoms with Gasteiger partial charge in [-0.2, -0.15) is 9.97 Å². The van der Waals surface area contributed by atoms with Crippen LogP contribution in [0.1, 0.15) is 0 Å². The van der Waals surface area contributed by atoms with Crippen LogP contribution in [0.15, 0.2) is 0 Å². The molecule has 0 amide bonds. The van der Waals surface area contributed by atoms with Gasteiger partial charge in [0.15, 0.2) is 0 Å². The smallest absolute Gasteiger partial charge is 0.449 e. The van der Waals surface area contributed by atoms with Gasteiger partial charge in [0.05, 0.1) is 0 Å². The lowest BCUT2D eigenvalue weighted by atomic mass is 10.6. The minimum atomic E-state index is -1.97. The summed E-state index contributed by atoms with van der Waals surface area (Å²) in [6.07, 6.45) is -7.90. The van der Waals surface area contributed by atoms with E-state index in [4.69, 9.17) is 20.4 Å². The SMILES string of the molecule is O=C(O)Oc1nc(OC(=O)O)c(OC(=O)O)nc1OC(=O)O. The van der Waals surface area contributed by atoms with E-state index in [1.807, 2.05) is 0 Å². The monoisotopic (exact) mass is 320 g/mol. The Morgan fingerprint density at radius 1 is 0.545 bits per heavy atom. The maximum absolute atomic E-state index is 10.4. The van der Waals surface area contributed by atoms with Crippen molar-refractivity contribution >= 4 is 24.6 Å². The van der Waals surface area contributed by atoms with Crippen LogP contribution >= 0.6 is 0 Å². The average Bonchev–Trinajstić information content (AvgIpc) is 2.31. The highest BCUT2D eigenvalue weighted by molar-refractivity contribution is 5.67. The van der Waals surface area contributed by atoms with Crippen molar-refractivity contribution in [2.75, 3.05) is 0 Å². The highest BCUT2D eigenvalue weighted by Crippen LogP contribution is 2.33. The van der Waals surface area contributed by atoms with Crippen molar-refractivity contribution in [2.24, 2.45) is 0 Å². The second-order valence-electron chi connectivity index (χ2n) is 2.92. The van der Waals surface area contributed by atoms with Crippen LogP contribution in [0, 0.1) is 0 Å². The van der Waals surface area contributed by atoms with E-state index in [1.54, 1.807) is 0 Å². The van der Waals surface area contributed by atoms with Gasteiger partial charge in [-0.15, -0.1) is 0 Å². The van der Waals surface area contributed by atoms with Crippen molar-refractivity contribution in [3.8, 4) is 23.5 Å². The molecule has 14 heteroatoms. The molecule has 0 bridgehead atoms. The number of rotatable bonds is 4. The number of nitrogens with zero attached hydrogens (tertiary/aromatic N) is 2. The summed E-state index contributed by atoms with van der Waals surface area (Å²) in [4.78, 5) is 47.9. The van der Waals surface area contributed by atoms with E-state index in [-0.39, 0.29) is 0 Å². The Morgan fingerprint density at radius 2 is 0.727 bits per heavy atom. The fourth-order valence-corrected chi connectivity index (χ4v) is 0.972. The molecule has 14 nitrogen and oxygen atoms in total. The fraction of sp³-hybridized carbons (Fsp3) is 0. The van der Waals surface area contributed by atoms with Crippen LogP contribution in [0.3, 0.4) is 0 Å². The second kappa shape index (κ2) is 6.55. The summed E-state index contributed by atoms with van der Waals surface area (Å²) in [6.45, 7) is 0. The third-order valence-electron chi connectivity index (χ3n) is 1.51. The predicted molar refractivity (Wildman–Crippen MR) is 56.6 cm³/mol. The van der Waals surface area contributed by atoms with Crippen molar-refractivity contribution in [2.45, 2.75) is 0 Å². The number of ether oxygens (including phenoxy) is 4. The van der Waals surface area contributed by atoms with Gasteiger partial charge in [0, 0.05) is 0 Å². The first kappa shape index (κ1) is 16.2. The molecule has 0 saturated heterocycles. The minimum absolute atomic E-state index is 1.12. The van der Waals surface area contributed by atoms with Crippen molar-refractivity contribution in [3.63, 3.8) is 0 Å². The number of hydrogen-bond acceptors (Lipinski definition) is 10. The average molecular weight is 320 g/mol. The van der Waals surface area contributed by atoms with Gasteiger partial charge in [-0.1, -0.05) is 0 Å². The Morgan fingerprint density at radius 3 is 0.864 bits per heavy atom. The van der Waals surface area contributed by atoms with E-state index in [0.29, 0.717) is 0 Å². The Bertz CT molecular complexity index is 534. The molecule has 0 aromatic carbocycles. The molecule has 0 atom stereocenters. The van der Waals surface area contributed by atoms with Crippen LogP contribution < -0.4 is 18.9 Å². The summed E-state index contributed by atoms with van der Waals surface area (Å²) in [5.41, 5.74) is 0. The maximum Gasteiger partial charge on any atom is 0.512 e. The van der Waals surface area contributed by atoms with Gasteiger partial charge in [-0.3, -0.25) is 0 Å². The molecule has 0 spiro atoms. The second-order valence-corrected chi connectivity index (χ2v) is 2.92. The van der Waals surface area contributed by atoms with E-state index in [2.05, 4.69) is 28.9 Å². The standard InChI is InChI=1S/C8H4N2O12/c11-5(12)19-1-2(20-6(13)14)10-4(22-8(17)18)3(9-1)21-7(15)16/h(H,11,12)(H,13,14)(H,15,16)(H,17,18). The highest BCUT2D eigenvalue weighted by atomic mass is 16.7. The molecule has 1 rings (SSSR count). The van der Waals surface area contributed by atoms with E-state index in [1.165, 1.54) is 0 Å². The number of aromatic nitrogens is 2. The number of carboxylic acid groups (broad SMARTS) is 4. The molecule has 0 aliphatic rings. The third kappa shape index (κ3) is 4.68. The molecule has 1 aromatic heterocycles. The first-order valence-electron chi connectivity index (χ1n) is 4.74. The van der Waals surface area contributed by atoms with E-state index in [9.17, 15) is 19.2 Å². The first-order chi connectivity index (χ1) is 10.2. The molecule has 0 aliphatic carbocycles. The Labute approximate surface area is 118 Å². The van der Waals surface area contributed by atoms with Crippen LogP contribution in [0.4, 0.5) is 19.2 Å². The first-order valence-corrected chi connectivity index (χ1v) is 4.74. The highest BCUT2D eigenvalue weighted by Gasteiger charge is 2.25. The van der Waals surface area contributed by atoms with Crippen molar-refractivity contribution in [1.29, 1.82) is 0 Å². The number of carbonyl (C=O) groups is 4. The zero-order chi connectivity index (χ0) is 16.9. The van der Waals surface area contributed by atoms with Crippen molar-refractivity contribution in [3.05, 3.63) is 0 Å². The Balaban J connectivity index is 3.39. The lowest BCUT2D eigenvalue weighted by Crippen LogP contribution is -2.15.